The number of likely N-dealkylation sites (N-methyl/N-ethyl adjacent to an activating group) is 2. The topological polar surface area (TPSA) is 35.5 Å². The molecule has 0 unspecified atom stereocenters. The molecule has 12 heavy (non-hydrogen) atoms. The van der Waals surface area contributed by atoms with Crippen molar-refractivity contribution in [2.24, 2.45) is 0 Å². The molecule has 3 nitrogen and oxygen atoms in total. The highest BCUT2D eigenvalue weighted by Crippen LogP contribution is 2.20. The van der Waals surface area contributed by atoms with Crippen LogP contribution in [0.15, 0.2) is 0 Å². The molecule has 2 N–H and O–H groups in total. The molecule has 0 saturated carbocycles. The van der Waals surface area contributed by atoms with Gasteiger partial charge in [0.1, 0.15) is 0 Å². The molecule has 1 aliphatic rings. The third-order valence-electron chi connectivity index (χ3n) is 2.82. The van der Waals surface area contributed by atoms with Crippen LogP contribution in [-0.2, 0) is 0 Å². The average Bonchev–Trinajstić information content (AvgIpc) is 2.10. The third-order valence-corrected chi connectivity index (χ3v) is 2.82. The van der Waals surface area contributed by atoms with E-state index in [1.54, 1.807) is 0 Å². The molecular formula is C9H20N2O. The highest BCUT2D eigenvalue weighted by molar-refractivity contribution is 4.91. The highest BCUT2D eigenvalue weighted by atomic mass is 16.3. The van der Waals surface area contributed by atoms with Crippen molar-refractivity contribution in [3.63, 3.8) is 0 Å². The summed E-state index contributed by atoms with van der Waals surface area (Å²) in [5, 5.41) is 13.2. The molecular weight excluding hydrogens is 152 g/mol. The number of aliphatic hydroxyl groups is 1. The number of rotatable bonds is 1. The smallest absolute Gasteiger partial charge is 0.0784 e. The Morgan fingerprint density at radius 2 is 2.25 bits per heavy atom. The van der Waals surface area contributed by atoms with Crippen molar-refractivity contribution in [1.29, 1.82) is 0 Å². The Morgan fingerprint density at radius 3 is 2.83 bits per heavy atom. The number of nitrogens with one attached hydrogen (secondary N) is 1. The zero-order chi connectivity index (χ0) is 9.19. The van der Waals surface area contributed by atoms with Gasteiger partial charge in [0, 0.05) is 12.6 Å². The lowest BCUT2D eigenvalue weighted by molar-refractivity contribution is 0.0162. The first-order chi connectivity index (χ1) is 5.56. The van der Waals surface area contributed by atoms with Gasteiger partial charge >= 0.3 is 0 Å². The normalized spacial score (nSPS) is 39.5. The SMILES string of the molecule is CN[C@@H]1CN(C)CCC[C@@]1(C)O. The molecule has 3 heteroatoms. The Kier molecular flexibility index (Phi) is 3.09. The molecule has 1 saturated heterocycles. The molecule has 0 amide bonds. The van der Waals surface area contributed by atoms with Crippen LogP contribution in [0.5, 0.6) is 0 Å². The quantitative estimate of drug-likeness (QED) is 0.587. The third kappa shape index (κ3) is 2.19. The molecule has 1 heterocycles. The van der Waals surface area contributed by atoms with Crippen molar-refractivity contribution >= 4 is 0 Å². The van der Waals surface area contributed by atoms with Crippen LogP contribution in [0.2, 0.25) is 0 Å². The standard InChI is InChI=1S/C9H20N2O/c1-9(12)5-4-6-11(3)7-8(9)10-2/h8,10,12H,4-7H2,1-3H3/t8-,9-/m1/s1. The fraction of sp³-hybridized carbons (Fsp3) is 1.00. The predicted molar refractivity (Wildman–Crippen MR) is 50.2 cm³/mol. The van der Waals surface area contributed by atoms with Gasteiger partial charge in [-0.2, -0.15) is 0 Å². The number of nitrogens with zero attached hydrogens (tertiary/aromatic N) is 1. The molecule has 1 rings (SSSR count). The lowest BCUT2D eigenvalue weighted by Crippen LogP contribution is -2.51. The maximum absolute atomic E-state index is 10.0. The van der Waals surface area contributed by atoms with E-state index >= 15 is 0 Å². The van der Waals surface area contributed by atoms with E-state index in [0.717, 1.165) is 25.9 Å². The molecule has 0 aliphatic carbocycles. The van der Waals surface area contributed by atoms with E-state index in [9.17, 15) is 5.11 Å². The maximum Gasteiger partial charge on any atom is 0.0784 e. The van der Waals surface area contributed by atoms with Gasteiger partial charge in [0.15, 0.2) is 0 Å². The van der Waals surface area contributed by atoms with Gasteiger partial charge in [-0.3, -0.25) is 0 Å². The monoisotopic (exact) mass is 172 g/mol. The number of hydrogen-bond acceptors (Lipinski definition) is 3. The van der Waals surface area contributed by atoms with E-state index < -0.39 is 5.60 Å². The Morgan fingerprint density at radius 1 is 1.58 bits per heavy atom. The summed E-state index contributed by atoms with van der Waals surface area (Å²) in [6.45, 7) is 3.95. The predicted octanol–water partition coefficient (Wildman–Crippen LogP) is 0.0510. The van der Waals surface area contributed by atoms with Crippen molar-refractivity contribution in [2.75, 3.05) is 27.2 Å². The van der Waals surface area contributed by atoms with Gasteiger partial charge in [0.25, 0.3) is 0 Å². The van der Waals surface area contributed by atoms with Crippen molar-refractivity contribution in [3.8, 4) is 0 Å². The number of likely N-dealkylation sites (tertiary alicyclic amines) is 1. The minimum Gasteiger partial charge on any atom is -0.389 e. The molecule has 0 radical (unpaired) electrons. The van der Waals surface area contributed by atoms with Gasteiger partial charge < -0.3 is 15.3 Å². The van der Waals surface area contributed by atoms with Gasteiger partial charge in [-0.1, -0.05) is 0 Å². The van der Waals surface area contributed by atoms with E-state index in [2.05, 4.69) is 17.3 Å². The molecule has 0 bridgehead atoms. The maximum atomic E-state index is 10.0. The van der Waals surface area contributed by atoms with Crippen LogP contribution in [0.3, 0.4) is 0 Å². The number of hydrogen-bond donors (Lipinski definition) is 2. The van der Waals surface area contributed by atoms with Gasteiger partial charge in [-0.25, -0.2) is 0 Å². The lowest BCUT2D eigenvalue weighted by Gasteiger charge is -2.31. The molecule has 0 aromatic heterocycles. The van der Waals surface area contributed by atoms with Gasteiger partial charge in [0.2, 0.25) is 0 Å². The first-order valence-electron chi connectivity index (χ1n) is 4.64. The van der Waals surface area contributed by atoms with Crippen molar-refractivity contribution < 1.29 is 5.11 Å². The second-order valence-electron chi connectivity index (χ2n) is 4.06. The van der Waals surface area contributed by atoms with E-state index in [0.29, 0.717) is 0 Å². The average molecular weight is 172 g/mol. The van der Waals surface area contributed by atoms with Crippen LogP contribution in [0.4, 0.5) is 0 Å². The van der Waals surface area contributed by atoms with Gasteiger partial charge in [-0.15, -0.1) is 0 Å². The first kappa shape index (κ1) is 9.96. The second kappa shape index (κ2) is 3.73. The molecule has 0 aromatic carbocycles. The molecule has 1 aliphatic heterocycles. The van der Waals surface area contributed by atoms with Crippen LogP contribution in [0.25, 0.3) is 0 Å². The minimum absolute atomic E-state index is 0.199. The Hall–Kier alpha value is -0.120. The fourth-order valence-electron chi connectivity index (χ4n) is 1.88. The second-order valence-corrected chi connectivity index (χ2v) is 4.06. The highest BCUT2D eigenvalue weighted by Gasteiger charge is 2.33. The first-order valence-corrected chi connectivity index (χ1v) is 4.64. The minimum atomic E-state index is -0.542. The summed E-state index contributed by atoms with van der Waals surface area (Å²) in [6, 6.07) is 0.199. The van der Waals surface area contributed by atoms with Crippen LogP contribution in [-0.4, -0.2) is 48.8 Å². The van der Waals surface area contributed by atoms with Gasteiger partial charge in [0.05, 0.1) is 5.60 Å². The van der Waals surface area contributed by atoms with E-state index in [-0.39, 0.29) is 6.04 Å². The molecule has 2 atom stereocenters. The molecule has 72 valence electrons. The van der Waals surface area contributed by atoms with Crippen molar-refractivity contribution in [2.45, 2.75) is 31.4 Å². The van der Waals surface area contributed by atoms with Crippen LogP contribution < -0.4 is 5.32 Å². The van der Waals surface area contributed by atoms with E-state index in [4.69, 9.17) is 0 Å². The molecule has 0 spiro atoms. The largest absolute Gasteiger partial charge is 0.389 e. The van der Waals surface area contributed by atoms with Crippen LogP contribution >= 0.6 is 0 Å². The zero-order valence-corrected chi connectivity index (χ0v) is 8.30. The summed E-state index contributed by atoms with van der Waals surface area (Å²) in [4.78, 5) is 2.27. The molecule has 1 fully saturated rings. The zero-order valence-electron chi connectivity index (χ0n) is 8.30. The summed E-state index contributed by atoms with van der Waals surface area (Å²) in [7, 11) is 4.02. The Bertz CT molecular complexity index is 147. The summed E-state index contributed by atoms with van der Waals surface area (Å²) >= 11 is 0. The lowest BCUT2D eigenvalue weighted by atomic mass is 9.92. The summed E-state index contributed by atoms with van der Waals surface area (Å²) < 4.78 is 0. The van der Waals surface area contributed by atoms with Crippen LogP contribution in [0.1, 0.15) is 19.8 Å². The van der Waals surface area contributed by atoms with Crippen molar-refractivity contribution in [1.82, 2.24) is 10.2 Å². The summed E-state index contributed by atoms with van der Waals surface area (Å²) in [5.41, 5.74) is -0.542. The van der Waals surface area contributed by atoms with Crippen molar-refractivity contribution in [3.05, 3.63) is 0 Å². The van der Waals surface area contributed by atoms with E-state index in [1.165, 1.54) is 0 Å². The Balaban J connectivity index is 2.63. The Labute approximate surface area is 74.8 Å². The fourth-order valence-corrected chi connectivity index (χ4v) is 1.88. The summed E-state index contributed by atoms with van der Waals surface area (Å²) in [5.74, 6) is 0. The van der Waals surface area contributed by atoms with E-state index in [1.807, 2.05) is 14.0 Å². The molecule has 0 aromatic rings. The van der Waals surface area contributed by atoms with Crippen LogP contribution in [0, 0.1) is 0 Å². The van der Waals surface area contributed by atoms with Gasteiger partial charge in [-0.05, 0) is 40.4 Å². The summed E-state index contributed by atoms with van der Waals surface area (Å²) in [6.07, 6.45) is 1.98.